The average molecular weight is 423 g/mol. The summed E-state index contributed by atoms with van der Waals surface area (Å²) in [6, 6.07) is 16.5. The molecule has 1 atom stereocenters. The largest absolute Gasteiger partial charge is 0.449 e. The molecular formula is C25H30N2O4. The Labute approximate surface area is 183 Å². The number of anilines is 1. The number of hydrogen-bond acceptors (Lipinski definition) is 4. The monoisotopic (exact) mass is 422 g/mol. The summed E-state index contributed by atoms with van der Waals surface area (Å²) in [7, 11) is 0. The molecule has 0 N–H and O–H groups in total. The highest BCUT2D eigenvalue weighted by molar-refractivity contribution is 5.98. The van der Waals surface area contributed by atoms with Crippen LogP contribution in [-0.4, -0.2) is 40.9 Å². The molecule has 1 heterocycles. The molecule has 0 aromatic heterocycles. The van der Waals surface area contributed by atoms with Gasteiger partial charge in [0, 0.05) is 30.7 Å². The average Bonchev–Trinajstić information content (AvgIpc) is 3.17. The molecule has 6 nitrogen and oxygen atoms in total. The maximum absolute atomic E-state index is 13.2. The maximum Gasteiger partial charge on any atom is 0.338 e. The maximum atomic E-state index is 13.2. The van der Waals surface area contributed by atoms with E-state index in [1.165, 1.54) is 0 Å². The third-order valence-corrected chi connectivity index (χ3v) is 5.36. The summed E-state index contributed by atoms with van der Waals surface area (Å²) in [5, 5.41) is 0. The van der Waals surface area contributed by atoms with Gasteiger partial charge in [-0.25, -0.2) is 4.79 Å². The second kappa shape index (κ2) is 9.33. The Morgan fingerprint density at radius 1 is 1.10 bits per heavy atom. The van der Waals surface area contributed by atoms with Gasteiger partial charge in [-0.2, -0.15) is 0 Å². The van der Waals surface area contributed by atoms with E-state index in [4.69, 9.17) is 4.74 Å². The molecular weight excluding hydrogens is 392 g/mol. The number of hydrogen-bond donors (Lipinski definition) is 0. The van der Waals surface area contributed by atoms with Crippen LogP contribution in [0.5, 0.6) is 0 Å². The number of rotatable bonds is 6. The molecule has 6 heteroatoms. The van der Waals surface area contributed by atoms with E-state index in [1.54, 1.807) is 41.0 Å². The van der Waals surface area contributed by atoms with Gasteiger partial charge in [-0.15, -0.1) is 0 Å². The van der Waals surface area contributed by atoms with Gasteiger partial charge in [0.25, 0.3) is 5.91 Å². The number of carbonyl (C=O) groups is 3. The van der Waals surface area contributed by atoms with Crippen LogP contribution in [0, 0.1) is 0 Å². The highest BCUT2D eigenvalue weighted by Crippen LogP contribution is 2.24. The van der Waals surface area contributed by atoms with Gasteiger partial charge in [0.1, 0.15) is 0 Å². The zero-order chi connectivity index (χ0) is 22.6. The molecule has 0 aliphatic carbocycles. The van der Waals surface area contributed by atoms with Gasteiger partial charge >= 0.3 is 5.97 Å². The molecule has 0 radical (unpaired) electrons. The molecule has 1 aliphatic rings. The molecule has 2 aromatic rings. The van der Waals surface area contributed by atoms with Crippen molar-refractivity contribution in [2.24, 2.45) is 0 Å². The van der Waals surface area contributed by atoms with E-state index in [1.807, 2.05) is 51.1 Å². The normalized spacial score (nSPS) is 15.0. The second-order valence-corrected chi connectivity index (χ2v) is 8.83. The zero-order valence-corrected chi connectivity index (χ0v) is 18.6. The first-order chi connectivity index (χ1) is 14.7. The van der Waals surface area contributed by atoms with Crippen molar-refractivity contribution in [3.8, 4) is 0 Å². The Morgan fingerprint density at radius 2 is 1.81 bits per heavy atom. The third-order valence-electron chi connectivity index (χ3n) is 5.36. The first-order valence-corrected chi connectivity index (χ1v) is 10.6. The van der Waals surface area contributed by atoms with Gasteiger partial charge in [-0.1, -0.05) is 36.4 Å². The molecule has 3 rings (SSSR count). The van der Waals surface area contributed by atoms with E-state index in [2.05, 4.69) is 0 Å². The lowest BCUT2D eigenvalue weighted by molar-refractivity contribution is -0.145. The fourth-order valence-corrected chi connectivity index (χ4v) is 3.63. The van der Waals surface area contributed by atoms with Gasteiger partial charge in [-0.05, 0) is 57.9 Å². The van der Waals surface area contributed by atoms with Crippen LogP contribution in [0.4, 0.5) is 5.69 Å². The van der Waals surface area contributed by atoms with Crippen molar-refractivity contribution in [2.75, 3.05) is 11.4 Å². The summed E-state index contributed by atoms with van der Waals surface area (Å²) in [4.78, 5) is 41.3. The molecule has 0 saturated carbocycles. The number of esters is 1. The van der Waals surface area contributed by atoms with Crippen LogP contribution in [0.3, 0.4) is 0 Å². The highest BCUT2D eigenvalue weighted by atomic mass is 16.5. The van der Waals surface area contributed by atoms with Crippen LogP contribution in [0.15, 0.2) is 54.6 Å². The smallest absolute Gasteiger partial charge is 0.338 e. The Morgan fingerprint density at radius 3 is 2.42 bits per heavy atom. The van der Waals surface area contributed by atoms with E-state index in [0.717, 1.165) is 12.0 Å². The lowest BCUT2D eigenvalue weighted by Crippen LogP contribution is -2.49. The van der Waals surface area contributed by atoms with E-state index >= 15 is 0 Å². The SMILES string of the molecule is C[C@H](OC(=O)c1cccc(N2CCCC2=O)c1)C(=O)N(Cc1ccccc1)C(C)(C)C. The predicted octanol–water partition coefficient (Wildman–Crippen LogP) is 4.19. The summed E-state index contributed by atoms with van der Waals surface area (Å²) in [6.07, 6.45) is 0.389. The van der Waals surface area contributed by atoms with Crippen molar-refractivity contribution in [3.05, 3.63) is 65.7 Å². The molecule has 0 bridgehead atoms. The Bertz CT molecular complexity index is 949. The molecule has 2 aromatic carbocycles. The molecule has 0 spiro atoms. The number of ether oxygens (including phenoxy) is 1. The summed E-state index contributed by atoms with van der Waals surface area (Å²) in [5.41, 5.74) is 1.56. The van der Waals surface area contributed by atoms with Crippen molar-refractivity contribution in [2.45, 2.75) is 58.7 Å². The van der Waals surface area contributed by atoms with Crippen molar-refractivity contribution in [1.29, 1.82) is 0 Å². The molecule has 2 amide bonds. The van der Waals surface area contributed by atoms with Crippen LogP contribution >= 0.6 is 0 Å². The highest BCUT2D eigenvalue weighted by Gasteiger charge is 2.32. The summed E-state index contributed by atoms with van der Waals surface area (Å²) in [6.45, 7) is 8.54. The predicted molar refractivity (Wildman–Crippen MR) is 120 cm³/mol. The Hall–Kier alpha value is -3.15. The molecule has 31 heavy (non-hydrogen) atoms. The van der Waals surface area contributed by atoms with Crippen molar-refractivity contribution in [1.82, 2.24) is 4.90 Å². The quantitative estimate of drug-likeness (QED) is 0.655. The van der Waals surface area contributed by atoms with Crippen molar-refractivity contribution >= 4 is 23.5 Å². The molecule has 0 unspecified atom stereocenters. The summed E-state index contributed by atoms with van der Waals surface area (Å²) >= 11 is 0. The van der Waals surface area contributed by atoms with Crippen LogP contribution in [0.1, 0.15) is 56.5 Å². The van der Waals surface area contributed by atoms with E-state index in [-0.39, 0.29) is 11.8 Å². The molecule has 1 fully saturated rings. The third kappa shape index (κ3) is 5.51. The van der Waals surface area contributed by atoms with Crippen LogP contribution in [-0.2, 0) is 20.9 Å². The molecule has 164 valence electrons. The van der Waals surface area contributed by atoms with E-state index < -0.39 is 17.6 Å². The number of benzene rings is 2. The summed E-state index contributed by atoms with van der Waals surface area (Å²) < 4.78 is 5.52. The Balaban J connectivity index is 1.71. The minimum atomic E-state index is -0.937. The topological polar surface area (TPSA) is 66.9 Å². The van der Waals surface area contributed by atoms with Crippen molar-refractivity contribution < 1.29 is 19.1 Å². The number of nitrogens with zero attached hydrogens (tertiary/aromatic N) is 2. The second-order valence-electron chi connectivity index (χ2n) is 8.83. The fourth-order valence-electron chi connectivity index (χ4n) is 3.63. The number of amides is 2. The molecule has 1 aliphatic heterocycles. The van der Waals surface area contributed by atoms with E-state index in [0.29, 0.717) is 30.8 Å². The lowest BCUT2D eigenvalue weighted by Gasteiger charge is -2.37. The van der Waals surface area contributed by atoms with Crippen molar-refractivity contribution in [3.63, 3.8) is 0 Å². The standard InChI is InChI=1S/C25H30N2O4/c1-18(23(29)27(25(2,3)4)17-19-10-6-5-7-11-19)31-24(30)20-12-8-13-21(16-20)26-15-9-14-22(26)28/h5-8,10-13,16,18H,9,14-15,17H2,1-4H3/t18-/m0/s1. The van der Waals surface area contributed by atoms with E-state index in [9.17, 15) is 14.4 Å². The lowest BCUT2D eigenvalue weighted by atomic mass is 10.0. The zero-order valence-electron chi connectivity index (χ0n) is 18.6. The Kier molecular flexibility index (Phi) is 6.78. The van der Waals surface area contributed by atoms with Gasteiger partial charge in [0.05, 0.1) is 5.56 Å². The number of carbonyl (C=O) groups excluding carboxylic acids is 3. The van der Waals surface area contributed by atoms with Crippen LogP contribution in [0.25, 0.3) is 0 Å². The first kappa shape index (κ1) is 22.5. The van der Waals surface area contributed by atoms with Gasteiger partial charge < -0.3 is 14.5 Å². The van der Waals surface area contributed by atoms with Gasteiger partial charge in [-0.3, -0.25) is 9.59 Å². The van der Waals surface area contributed by atoms with Crippen LogP contribution < -0.4 is 4.90 Å². The first-order valence-electron chi connectivity index (χ1n) is 10.6. The minimum absolute atomic E-state index is 0.0517. The van der Waals surface area contributed by atoms with Gasteiger partial charge in [0.15, 0.2) is 6.10 Å². The van der Waals surface area contributed by atoms with Crippen LogP contribution in [0.2, 0.25) is 0 Å². The minimum Gasteiger partial charge on any atom is -0.449 e. The molecule has 1 saturated heterocycles. The fraction of sp³-hybridized carbons (Fsp3) is 0.400. The summed E-state index contributed by atoms with van der Waals surface area (Å²) in [5.74, 6) is -0.783. The van der Waals surface area contributed by atoms with Gasteiger partial charge in [0.2, 0.25) is 5.91 Å².